The number of phenolic OH excluding ortho intramolecular Hbond substituents is 1. The zero-order valence-electron chi connectivity index (χ0n) is 9.47. The minimum absolute atomic E-state index is 0.218. The van der Waals surface area contributed by atoms with Gasteiger partial charge in [0.25, 0.3) is 0 Å². The van der Waals surface area contributed by atoms with Gasteiger partial charge in [0.05, 0.1) is 0 Å². The number of phenols is 1. The summed E-state index contributed by atoms with van der Waals surface area (Å²) in [6.45, 7) is 7.90. The Morgan fingerprint density at radius 3 is 2.53 bits per heavy atom. The molecule has 0 saturated heterocycles. The lowest BCUT2D eigenvalue weighted by molar-refractivity contribution is 0.379. The molecule has 3 heteroatoms. The molecule has 2 nitrogen and oxygen atoms in total. The van der Waals surface area contributed by atoms with Gasteiger partial charge < -0.3 is 10.4 Å². The Morgan fingerprint density at radius 2 is 2.00 bits per heavy atom. The average Bonchev–Trinajstić information content (AvgIpc) is 2.09. The fourth-order valence-corrected chi connectivity index (χ4v) is 1.24. The van der Waals surface area contributed by atoms with Crippen LogP contribution in [0, 0.1) is 11.2 Å². The molecule has 0 saturated carbocycles. The zero-order valence-corrected chi connectivity index (χ0v) is 9.47. The first-order chi connectivity index (χ1) is 6.88. The molecule has 1 aromatic rings. The lowest BCUT2D eigenvalue weighted by Gasteiger charge is -2.18. The maximum Gasteiger partial charge on any atom is 0.165 e. The van der Waals surface area contributed by atoms with Crippen LogP contribution in [0.25, 0.3) is 0 Å². The van der Waals surface area contributed by atoms with Crippen LogP contribution in [0.3, 0.4) is 0 Å². The van der Waals surface area contributed by atoms with E-state index in [1.165, 1.54) is 12.1 Å². The van der Waals surface area contributed by atoms with Crippen molar-refractivity contribution >= 4 is 0 Å². The second-order valence-corrected chi connectivity index (χ2v) is 4.95. The summed E-state index contributed by atoms with van der Waals surface area (Å²) < 4.78 is 13.0. The van der Waals surface area contributed by atoms with Crippen LogP contribution in [-0.2, 0) is 6.54 Å². The number of hydrogen-bond acceptors (Lipinski definition) is 2. The third-order valence-corrected chi connectivity index (χ3v) is 2.00. The van der Waals surface area contributed by atoms with E-state index in [1.54, 1.807) is 6.07 Å². The molecule has 0 bridgehead atoms. The summed E-state index contributed by atoms with van der Waals surface area (Å²) in [5.74, 6) is -0.861. The summed E-state index contributed by atoms with van der Waals surface area (Å²) in [6, 6.07) is 4.45. The Kier molecular flexibility index (Phi) is 3.69. The lowest BCUT2D eigenvalue weighted by atomic mass is 9.97. The van der Waals surface area contributed by atoms with E-state index in [-0.39, 0.29) is 11.2 Å². The quantitative estimate of drug-likeness (QED) is 0.805. The summed E-state index contributed by atoms with van der Waals surface area (Å²) in [5, 5.41) is 12.2. The third kappa shape index (κ3) is 4.30. The van der Waals surface area contributed by atoms with E-state index in [9.17, 15) is 4.39 Å². The van der Waals surface area contributed by atoms with Gasteiger partial charge in [-0.05, 0) is 23.1 Å². The molecular formula is C12H18FNO. The van der Waals surface area contributed by atoms with Crippen LogP contribution in [0.2, 0.25) is 0 Å². The predicted octanol–water partition coefficient (Wildman–Crippen LogP) is 2.67. The van der Waals surface area contributed by atoms with Crippen molar-refractivity contribution in [3.8, 4) is 5.75 Å². The molecule has 0 radical (unpaired) electrons. The SMILES string of the molecule is CC(C)(C)CNCc1ccc(O)c(F)c1. The molecule has 0 aliphatic rings. The third-order valence-electron chi connectivity index (χ3n) is 2.00. The normalized spacial score (nSPS) is 11.7. The highest BCUT2D eigenvalue weighted by molar-refractivity contribution is 5.27. The van der Waals surface area contributed by atoms with E-state index in [1.807, 2.05) is 0 Å². The van der Waals surface area contributed by atoms with Crippen molar-refractivity contribution in [3.05, 3.63) is 29.6 Å². The zero-order chi connectivity index (χ0) is 11.5. The van der Waals surface area contributed by atoms with Gasteiger partial charge in [0.2, 0.25) is 0 Å². The summed E-state index contributed by atoms with van der Waals surface area (Å²) in [4.78, 5) is 0. The highest BCUT2D eigenvalue weighted by Crippen LogP contribution is 2.16. The molecule has 84 valence electrons. The van der Waals surface area contributed by atoms with Crippen molar-refractivity contribution < 1.29 is 9.50 Å². The second kappa shape index (κ2) is 4.62. The Morgan fingerprint density at radius 1 is 1.33 bits per heavy atom. The average molecular weight is 211 g/mol. The van der Waals surface area contributed by atoms with E-state index >= 15 is 0 Å². The number of halogens is 1. The van der Waals surface area contributed by atoms with E-state index in [0.29, 0.717) is 6.54 Å². The van der Waals surface area contributed by atoms with Gasteiger partial charge >= 0.3 is 0 Å². The van der Waals surface area contributed by atoms with Crippen molar-refractivity contribution in [2.45, 2.75) is 27.3 Å². The summed E-state index contributed by atoms with van der Waals surface area (Å²) in [6.07, 6.45) is 0. The van der Waals surface area contributed by atoms with Crippen molar-refractivity contribution in [2.75, 3.05) is 6.54 Å². The van der Waals surface area contributed by atoms with Gasteiger partial charge in [0, 0.05) is 13.1 Å². The topological polar surface area (TPSA) is 32.3 Å². The Bertz CT molecular complexity index is 331. The second-order valence-electron chi connectivity index (χ2n) is 4.95. The summed E-state index contributed by atoms with van der Waals surface area (Å²) in [7, 11) is 0. The molecule has 1 aromatic carbocycles. The monoisotopic (exact) mass is 211 g/mol. The van der Waals surface area contributed by atoms with Crippen molar-refractivity contribution in [1.82, 2.24) is 5.32 Å². The molecule has 0 unspecified atom stereocenters. The predicted molar refractivity (Wildman–Crippen MR) is 59.2 cm³/mol. The maximum absolute atomic E-state index is 13.0. The molecule has 0 aromatic heterocycles. The van der Waals surface area contributed by atoms with Crippen LogP contribution >= 0.6 is 0 Å². The van der Waals surface area contributed by atoms with Gasteiger partial charge in [-0.1, -0.05) is 26.8 Å². The van der Waals surface area contributed by atoms with E-state index in [2.05, 4.69) is 26.1 Å². The first-order valence-corrected chi connectivity index (χ1v) is 5.06. The van der Waals surface area contributed by atoms with E-state index < -0.39 is 5.82 Å². The lowest BCUT2D eigenvalue weighted by Crippen LogP contribution is -2.26. The fourth-order valence-electron chi connectivity index (χ4n) is 1.24. The van der Waals surface area contributed by atoms with Gasteiger partial charge in [-0.2, -0.15) is 0 Å². The largest absolute Gasteiger partial charge is 0.505 e. The standard InChI is InChI=1S/C12H18FNO/c1-12(2,3)8-14-7-9-4-5-11(15)10(13)6-9/h4-6,14-15H,7-8H2,1-3H3. The molecule has 0 aliphatic carbocycles. The van der Waals surface area contributed by atoms with Crippen molar-refractivity contribution in [3.63, 3.8) is 0 Å². The van der Waals surface area contributed by atoms with Crippen LogP contribution in [-0.4, -0.2) is 11.7 Å². The van der Waals surface area contributed by atoms with Gasteiger partial charge in [0.15, 0.2) is 11.6 Å². The molecule has 2 N–H and O–H groups in total. The van der Waals surface area contributed by atoms with Crippen molar-refractivity contribution in [1.29, 1.82) is 0 Å². The van der Waals surface area contributed by atoms with Gasteiger partial charge in [0.1, 0.15) is 0 Å². The fraction of sp³-hybridized carbons (Fsp3) is 0.500. The molecule has 0 amide bonds. The number of hydrogen-bond donors (Lipinski definition) is 2. The number of aromatic hydroxyl groups is 1. The molecular weight excluding hydrogens is 193 g/mol. The molecule has 0 spiro atoms. The Balaban J connectivity index is 2.48. The summed E-state index contributed by atoms with van der Waals surface area (Å²) >= 11 is 0. The number of nitrogens with one attached hydrogen (secondary N) is 1. The molecule has 0 fully saturated rings. The molecule has 0 atom stereocenters. The van der Waals surface area contributed by atoms with Crippen molar-refractivity contribution in [2.24, 2.45) is 5.41 Å². The smallest absolute Gasteiger partial charge is 0.165 e. The number of rotatable bonds is 3. The highest BCUT2D eigenvalue weighted by atomic mass is 19.1. The maximum atomic E-state index is 13.0. The van der Waals surface area contributed by atoms with Crippen LogP contribution in [0.1, 0.15) is 26.3 Å². The minimum Gasteiger partial charge on any atom is -0.505 e. The summed E-state index contributed by atoms with van der Waals surface area (Å²) in [5.41, 5.74) is 1.06. The Hall–Kier alpha value is -1.09. The number of benzene rings is 1. The van der Waals surface area contributed by atoms with Crippen LogP contribution in [0.15, 0.2) is 18.2 Å². The van der Waals surface area contributed by atoms with Crippen LogP contribution < -0.4 is 5.32 Å². The van der Waals surface area contributed by atoms with Crippen LogP contribution in [0.4, 0.5) is 4.39 Å². The van der Waals surface area contributed by atoms with Gasteiger partial charge in [-0.15, -0.1) is 0 Å². The molecule has 15 heavy (non-hydrogen) atoms. The van der Waals surface area contributed by atoms with Gasteiger partial charge in [-0.3, -0.25) is 0 Å². The molecule has 0 aliphatic heterocycles. The molecule has 0 heterocycles. The molecule has 1 rings (SSSR count). The highest BCUT2D eigenvalue weighted by Gasteiger charge is 2.09. The van der Waals surface area contributed by atoms with Gasteiger partial charge in [-0.25, -0.2) is 4.39 Å². The first-order valence-electron chi connectivity index (χ1n) is 5.06. The Labute approximate surface area is 90.1 Å². The van der Waals surface area contributed by atoms with Crippen LogP contribution in [0.5, 0.6) is 5.75 Å². The van der Waals surface area contributed by atoms with E-state index in [0.717, 1.165) is 12.1 Å². The minimum atomic E-state index is -0.565. The van der Waals surface area contributed by atoms with E-state index in [4.69, 9.17) is 5.11 Å². The first kappa shape index (κ1) is 12.0.